The molecule has 1 aromatic heterocycles. The first-order valence-corrected chi connectivity index (χ1v) is 7.04. The highest BCUT2D eigenvalue weighted by atomic mass is 16.3. The minimum Gasteiger partial charge on any atom is -0.393 e. The van der Waals surface area contributed by atoms with E-state index in [9.17, 15) is 5.11 Å². The van der Waals surface area contributed by atoms with Gasteiger partial charge in [-0.25, -0.2) is 9.97 Å². The number of nitrogens with two attached hydrogens (primary N) is 1. The standard InChI is InChI=1S/C14H24N4O/c1-9(2)12-13(15)16-8-17-14(12)18-6-4-11(5-7-18)10(3)19/h8-11,19H,4-7H2,1-3H3,(H2,15,16,17). The van der Waals surface area contributed by atoms with Gasteiger partial charge in [-0.2, -0.15) is 0 Å². The number of aliphatic hydroxyl groups excluding tert-OH is 1. The highest BCUT2D eigenvalue weighted by Crippen LogP contribution is 2.32. The molecule has 1 aromatic rings. The summed E-state index contributed by atoms with van der Waals surface area (Å²) < 4.78 is 0. The third kappa shape index (κ3) is 2.97. The van der Waals surface area contributed by atoms with E-state index in [0.29, 0.717) is 17.7 Å². The molecular weight excluding hydrogens is 240 g/mol. The minimum atomic E-state index is -0.220. The molecule has 2 rings (SSSR count). The summed E-state index contributed by atoms with van der Waals surface area (Å²) in [5, 5.41) is 9.66. The zero-order valence-electron chi connectivity index (χ0n) is 12.0. The van der Waals surface area contributed by atoms with Crippen LogP contribution in [0, 0.1) is 5.92 Å². The Bertz CT molecular complexity index is 425. The van der Waals surface area contributed by atoms with E-state index in [1.165, 1.54) is 6.33 Å². The summed E-state index contributed by atoms with van der Waals surface area (Å²) in [4.78, 5) is 10.8. The van der Waals surface area contributed by atoms with Crippen molar-refractivity contribution in [2.75, 3.05) is 23.7 Å². The molecule has 1 aliphatic rings. The molecule has 1 unspecified atom stereocenters. The van der Waals surface area contributed by atoms with Crippen molar-refractivity contribution in [1.82, 2.24) is 9.97 Å². The molecule has 1 atom stereocenters. The van der Waals surface area contributed by atoms with E-state index in [1.54, 1.807) is 0 Å². The minimum absolute atomic E-state index is 0.220. The van der Waals surface area contributed by atoms with Gasteiger partial charge in [0.15, 0.2) is 0 Å². The van der Waals surface area contributed by atoms with Crippen molar-refractivity contribution < 1.29 is 5.11 Å². The summed E-state index contributed by atoms with van der Waals surface area (Å²) in [6.07, 6.45) is 3.32. The van der Waals surface area contributed by atoms with Crippen molar-refractivity contribution in [3.63, 3.8) is 0 Å². The van der Waals surface area contributed by atoms with E-state index in [0.717, 1.165) is 37.3 Å². The summed E-state index contributed by atoms with van der Waals surface area (Å²) in [5.74, 6) is 2.26. The van der Waals surface area contributed by atoms with Crippen LogP contribution in [0.2, 0.25) is 0 Å². The Morgan fingerprint density at radius 3 is 2.42 bits per heavy atom. The SMILES string of the molecule is CC(C)c1c(N)ncnc1N1CCC(C(C)O)CC1. The number of aliphatic hydroxyl groups is 1. The maximum absolute atomic E-state index is 9.66. The number of hydrogen-bond acceptors (Lipinski definition) is 5. The molecule has 1 saturated heterocycles. The fourth-order valence-corrected chi connectivity index (χ4v) is 2.80. The number of nitrogens with zero attached hydrogens (tertiary/aromatic N) is 3. The molecule has 106 valence electrons. The highest BCUT2D eigenvalue weighted by molar-refractivity contribution is 5.58. The van der Waals surface area contributed by atoms with Crippen LogP contribution in [0.4, 0.5) is 11.6 Å². The quantitative estimate of drug-likeness (QED) is 0.870. The zero-order valence-corrected chi connectivity index (χ0v) is 12.0. The molecular formula is C14H24N4O. The second-order valence-electron chi connectivity index (χ2n) is 5.72. The number of aromatic nitrogens is 2. The number of nitrogen functional groups attached to an aromatic ring is 1. The van der Waals surface area contributed by atoms with E-state index >= 15 is 0 Å². The molecule has 0 amide bonds. The van der Waals surface area contributed by atoms with Gasteiger partial charge in [0.25, 0.3) is 0 Å². The number of piperidine rings is 1. The van der Waals surface area contributed by atoms with Crippen molar-refractivity contribution in [3.05, 3.63) is 11.9 Å². The van der Waals surface area contributed by atoms with Gasteiger partial charge in [-0.3, -0.25) is 0 Å². The van der Waals surface area contributed by atoms with Gasteiger partial charge in [0.1, 0.15) is 18.0 Å². The molecule has 3 N–H and O–H groups in total. The van der Waals surface area contributed by atoms with E-state index in [4.69, 9.17) is 5.73 Å². The van der Waals surface area contributed by atoms with Gasteiger partial charge in [-0.1, -0.05) is 13.8 Å². The molecule has 0 aromatic carbocycles. The Hall–Kier alpha value is -1.36. The van der Waals surface area contributed by atoms with Crippen molar-refractivity contribution in [2.24, 2.45) is 5.92 Å². The van der Waals surface area contributed by atoms with Crippen LogP contribution in [0.15, 0.2) is 6.33 Å². The molecule has 0 spiro atoms. The van der Waals surface area contributed by atoms with Gasteiger partial charge in [0.2, 0.25) is 0 Å². The molecule has 0 bridgehead atoms. The number of anilines is 2. The molecule has 2 heterocycles. The molecule has 0 saturated carbocycles. The predicted octanol–water partition coefficient (Wildman–Crippen LogP) is 1.78. The van der Waals surface area contributed by atoms with Crippen LogP contribution in [0.5, 0.6) is 0 Å². The van der Waals surface area contributed by atoms with Crippen molar-refractivity contribution in [3.8, 4) is 0 Å². The maximum Gasteiger partial charge on any atom is 0.137 e. The lowest BCUT2D eigenvalue weighted by Crippen LogP contribution is -2.38. The first-order valence-electron chi connectivity index (χ1n) is 7.04. The average molecular weight is 264 g/mol. The first kappa shape index (κ1) is 14.1. The Balaban J connectivity index is 2.18. The lowest BCUT2D eigenvalue weighted by molar-refractivity contribution is 0.109. The lowest BCUT2D eigenvalue weighted by Gasteiger charge is -2.35. The van der Waals surface area contributed by atoms with Crippen LogP contribution in [-0.4, -0.2) is 34.3 Å². The lowest BCUT2D eigenvalue weighted by atomic mass is 9.91. The summed E-state index contributed by atoms with van der Waals surface area (Å²) >= 11 is 0. The first-order chi connectivity index (χ1) is 9.00. The second kappa shape index (κ2) is 5.74. The van der Waals surface area contributed by atoms with E-state index in [-0.39, 0.29) is 6.10 Å². The predicted molar refractivity (Wildman–Crippen MR) is 77.2 cm³/mol. The van der Waals surface area contributed by atoms with Crippen LogP contribution in [0.3, 0.4) is 0 Å². The Morgan fingerprint density at radius 1 is 1.26 bits per heavy atom. The highest BCUT2D eigenvalue weighted by Gasteiger charge is 2.26. The summed E-state index contributed by atoms with van der Waals surface area (Å²) in [5.41, 5.74) is 7.03. The molecule has 1 aliphatic heterocycles. The van der Waals surface area contributed by atoms with Crippen molar-refractivity contribution in [1.29, 1.82) is 0 Å². The van der Waals surface area contributed by atoms with Crippen molar-refractivity contribution >= 4 is 11.6 Å². The largest absolute Gasteiger partial charge is 0.393 e. The van der Waals surface area contributed by atoms with Gasteiger partial charge >= 0.3 is 0 Å². The fourth-order valence-electron chi connectivity index (χ4n) is 2.80. The molecule has 5 nitrogen and oxygen atoms in total. The van der Waals surface area contributed by atoms with Crippen LogP contribution in [0.25, 0.3) is 0 Å². The van der Waals surface area contributed by atoms with E-state index in [1.807, 2.05) is 6.92 Å². The third-order valence-corrected chi connectivity index (χ3v) is 3.99. The Morgan fingerprint density at radius 2 is 1.89 bits per heavy atom. The number of rotatable bonds is 3. The zero-order chi connectivity index (χ0) is 14.0. The van der Waals surface area contributed by atoms with Gasteiger partial charge in [0.05, 0.1) is 6.10 Å². The maximum atomic E-state index is 9.66. The van der Waals surface area contributed by atoms with E-state index in [2.05, 4.69) is 28.7 Å². The normalized spacial score (nSPS) is 18.9. The average Bonchev–Trinajstić information content (AvgIpc) is 2.38. The monoisotopic (exact) mass is 264 g/mol. The molecule has 1 fully saturated rings. The molecule has 19 heavy (non-hydrogen) atoms. The summed E-state index contributed by atoms with van der Waals surface area (Å²) in [6.45, 7) is 7.95. The van der Waals surface area contributed by atoms with Gasteiger partial charge in [0, 0.05) is 18.7 Å². The summed E-state index contributed by atoms with van der Waals surface area (Å²) in [7, 11) is 0. The number of hydrogen-bond donors (Lipinski definition) is 2. The Labute approximate surface area is 114 Å². The van der Waals surface area contributed by atoms with Gasteiger partial charge < -0.3 is 15.7 Å². The smallest absolute Gasteiger partial charge is 0.137 e. The van der Waals surface area contributed by atoms with Gasteiger partial charge in [-0.05, 0) is 31.6 Å². The van der Waals surface area contributed by atoms with Crippen LogP contribution in [0.1, 0.15) is 45.1 Å². The Kier molecular flexibility index (Phi) is 4.24. The van der Waals surface area contributed by atoms with Crippen LogP contribution in [-0.2, 0) is 0 Å². The summed E-state index contributed by atoms with van der Waals surface area (Å²) in [6, 6.07) is 0. The van der Waals surface area contributed by atoms with Crippen LogP contribution < -0.4 is 10.6 Å². The third-order valence-electron chi connectivity index (χ3n) is 3.99. The molecule has 0 aliphatic carbocycles. The topological polar surface area (TPSA) is 75.3 Å². The fraction of sp³-hybridized carbons (Fsp3) is 0.714. The molecule has 5 heteroatoms. The molecule has 0 radical (unpaired) electrons. The van der Waals surface area contributed by atoms with E-state index < -0.39 is 0 Å². The van der Waals surface area contributed by atoms with Crippen LogP contribution >= 0.6 is 0 Å². The van der Waals surface area contributed by atoms with Gasteiger partial charge in [-0.15, -0.1) is 0 Å². The second-order valence-corrected chi connectivity index (χ2v) is 5.72. The van der Waals surface area contributed by atoms with Crippen molar-refractivity contribution in [2.45, 2.75) is 45.6 Å².